The van der Waals surface area contributed by atoms with Crippen molar-refractivity contribution >= 4 is 0 Å². The van der Waals surface area contributed by atoms with Gasteiger partial charge in [-0.1, -0.05) is 54.6 Å². The molecule has 0 aliphatic carbocycles. The van der Waals surface area contributed by atoms with Crippen LogP contribution in [0, 0.1) is 0 Å². The third-order valence-electron chi connectivity index (χ3n) is 3.13. The first-order valence-electron chi connectivity index (χ1n) is 5.81. The lowest BCUT2D eigenvalue weighted by molar-refractivity contribution is -0.133. The van der Waals surface area contributed by atoms with E-state index in [-0.39, 0.29) is 6.10 Å². The maximum absolute atomic E-state index is 9.77. The van der Waals surface area contributed by atoms with E-state index >= 15 is 0 Å². The van der Waals surface area contributed by atoms with Gasteiger partial charge in [0.25, 0.3) is 0 Å². The average Bonchev–Trinajstić information content (AvgIpc) is 2.39. The Labute approximate surface area is 100 Å². The molecule has 0 aromatic heterocycles. The van der Waals surface area contributed by atoms with Crippen LogP contribution in [0.3, 0.4) is 0 Å². The van der Waals surface area contributed by atoms with E-state index in [2.05, 4.69) is 12.1 Å². The molecule has 0 amide bonds. The number of rotatable bonds is 1. The van der Waals surface area contributed by atoms with Crippen molar-refractivity contribution in [2.75, 3.05) is 0 Å². The fraction of sp³-hybridized carbons (Fsp3) is 0.200. The van der Waals surface area contributed by atoms with Crippen LogP contribution < -0.4 is 0 Å². The van der Waals surface area contributed by atoms with E-state index in [0.717, 1.165) is 11.1 Å². The van der Waals surface area contributed by atoms with Crippen molar-refractivity contribution < 1.29 is 9.84 Å². The van der Waals surface area contributed by atoms with Crippen molar-refractivity contribution in [2.45, 2.75) is 18.8 Å². The summed E-state index contributed by atoms with van der Waals surface area (Å²) in [5.74, 6) is 0. The number of aliphatic hydroxyl groups excluding tert-OH is 1. The zero-order valence-corrected chi connectivity index (χ0v) is 9.41. The lowest BCUT2D eigenvalue weighted by atomic mass is 9.93. The lowest BCUT2D eigenvalue weighted by Gasteiger charge is -2.29. The predicted octanol–water partition coefficient (Wildman–Crippen LogP) is 2.67. The van der Waals surface area contributed by atoms with Crippen LogP contribution in [0.4, 0.5) is 0 Å². The number of hydrogen-bond donors (Lipinski definition) is 1. The Morgan fingerprint density at radius 1 is 0.941 bits per heavy atom. The van der Waals surface area contributed by atoms with Gasteiger partial charge in [0.05, 0.1) is 0 Å². The first-order chi connectivity index (χ1) is 8.34. The Kier molecular flexibility index (Phi) is 2.67. The van der Waals surface area contributed by atoms with Gasteiger partial charge in [0.15, 0.2) is 6.29 Å². The van der Waals surface area contributed by atoms with Gasteiger partial charge in [-0.15, -0.1) is 0 Å². The number of fused-ring (bicyclic) bond motifs is 1. The normalized spacial score (nSPS) is 23.1. The summed E-state index contributed by atoms with van der Waals surface area (Å²) in [5.41, 5.74) is 3.41. The molecule has 0 spiro atoms. The SMILES string of the molecule is OC1Cc2ccccc2C(c2ccccc2)O1. The molecule has 3 rings (SSSR count). The van der Waals surface area contributed by atoms with E-state index in [4.69, 9.17) is 4.74 Å². The summed E-state index contributed by atoms with van der Waals surface area (Å²) < 4.78 is 5.65. The molecular weight excluding hydrogens is 212 g/mol. The highest BCUT2D eigenvalue weighted by Gasteiger charge is 2.26. The zero-order valence-electron chi connectivity index (χ0n) is 9.41. The molecule has 1 N–H and O–H groups in total. The largest absolute Gasteiger partial charge is 0.368 e. The minimum Gasteiger partial charge on any atom is -0.368 e. The van der Waals surface area contributed by atoms with Crippen LogP contribution in [0.15, 0.2) is 54.6 Å². The van der Waals surface area contributed by atoms with E-state index in [1.54, 1.807) is 0 Å². The number of hydrogen-bond acceptors (Lipinski definition) is 2. The minimum atomic E-state index is -0.713. The molecule has 1 aliphatic rings. The molecule has 0 fully saturated rings. The van der Waals surface area contributed by atoms with E-state index in [0.29, 0.717) is 6.42 Å². The van der Waals surface area contributed by atoms with Crippen molar-refractivity contribution in [2.24, 2.45) is 0 Å². The molecule has 1 heterocycles. The van der Waals surface area contributed by atoms with Crippen LogP contribution in [-0.4, -0.2) is 11.4 Å². The Morgan fingerprint density at radius 3 is 2.47 bits per heavy atom. The lowest BCUT2D eigenvalue weighted by Crippen LogP contribution is -2.26. The molecule has 17 heavy (non-hydrogen) atoms. The van der Waals surface area contributed by atoms with Gasteiger partial charge in [-0.3, -0.25) is 0 Å². The van der Waals surface area contributed by atoms with E-state index < -0.39 is 6.29 Å². The van der Waals surface area contributed by atoms with Gasteiger partial charge in [0.2, 0.25) is 0 Å². The Morgan fingerprint density at radius 2 is 1.65 bits per heavy atom. The molecule has 0 saturated carbocycles. The van der Waals surface area contributed by atoms with Gasteiger partial charge in [0.1, 0.15) is 6.10 Å². The average molecular weight is 226 g/mol. The van der Waals surface area contributed by atoms with Crippen molar-refractivity contribution in [3.8, 4) is 0 Å². The van der Waals surface area contributed by atoms with Gasteiger partial charge >= 0.3 is 0 Å². The highest BCUT2D eigenvalue weighted by atomic mass is 16.6. The summed E-state index contributed by atoms with van der Waals surface area (Å²) >= 11 is 0. The molecule has 0 radical (unpaired) electrons. The van der Waals surface area contributed by atoms with Crippen LogP contribution in [0.25, 0.3) is 0 Å². The second-order valence-electron chi connectivity index (χ2n) is 4.28. The maximum atomic E-state index is 9.77. The molecule has 2 aromatic rings. The van der Waals surface area contributed by atoms with Gasteiger partial charge < -0.3 is 9.84 Å². The second-order valence-corrected chi connectivity index (χ2v) is 4.28. The third kappa shape index (κ3) is 1.97. The van der Waals surface area contributed by atoms with Crippen LogP contribution in [0.1, 0.15) is 22.8 Å². The summed E-state index contributed by atoms with van der Waals surface area (Å²) in [6.07, 6.45) is -0.300. The Hall–Kier alpha value is -1.64. The molecule has 2 atom stereocenters. The first kappa shape index (κ1) is 10.5. The third-order valence-corrected chi connectivity index (χ3v) is 3.13. The van der Waals surface area contributed by atoms with Crippen molar-refractivity contribution in [3.05, 3.63) is 71.3 Å². The molecule has 0 bridgehead atoms. The molecule has 1 aliphatic heterocycles. The predicted molar refractivity (Wildman–Crippen MR) is 65.5 cm³/mol. The second kappa shape index (κ2) is 4.32. The Bertz CT molecular complexity index is 507. The summed E-state index contributed by atoms with van der Waals surface area (Å²) in [6.45, 7) is 0. The summed E-state index contributed by atoms with van der Waals surface area (Å²) in [6, 6.07) is 18.1. The molecular formula is C15H14O2. The van der Waals surface area contributed by atoms with Crippen LogP contribution in [0.5, 0.6) is 0 Å². The van der Waals surface area contributed by atoms with Crippen molar-refractivity contribution in [3.63, 3.8) is 0 Å². The highest BCUT2D eigenvalue weighted by molar-refractivity contribution is 5.37. The van der Waals surface area contributed by atoms with Crippen LogP contribution in [-0.2, 0) is 11.2 Å². The van der Waals surface area contributed by atoms with Gasteiger partial charge in [0, 0.05) is 6.42 Å². The highest BCUT2D eigenvalue weighted by Crippen LogP contribution is 2.34. The minimum absolute atomic E-state index is 0.156. The fourth-order valence-electron chi connectivity index (χ4n) is 2.33. The van der Waals surface area contributed by atoms with E-state index in [9.17, 15) is 5.11 Å². The molecule has 2 aromatic carbocycles. The van der Waals surface area contributed by atoms with Crippen LogP contribution in [0.2, 0.25) is 0 Å². The number of ether oxygens (including phenoxy) is 1. The maximum Gasteiger partial charge on any atom is 0.159 e. The first-order valence-corrected chi connectivity index (χ1v) is 5.81. The summed E-state index contributed by atoms with van der Waals surface area (Å²) in [7, 11) is 0. The van der Waals surface area contributed by atoms with E-state index in [1.165, 1.54) is 5.56 Å². The molecule has 86 valence electrons. The summed E-state index contributed by atoms with van der Waals surface area (Å²) in [5, 5.41) is 9.77. The number of aliphatic hydroxyl groups is 1. The number of benzene rings is 2. The van der Waals surface area contributed by atoms with Gasteiger partial charge in [-0.2, -0.15) is 0 Å². The van der Waals surface area contributed by atoms with Gasteiger partial charge in [-0.25, -0.2) is 0 Å². The molecule has 2 heteroatoms. The van der Waals surface area contributed by atoms with E-state index in [1.807, 2.05) is 42.5 Å². The molecule has 2 unspecified atom stereocenters. The zero-order chi connectivity index (χ0) is 11.7. The van der Waals surface area contributed by atoms with Crippen LogP contribution >= 0.6 is 0 Å². The Balaban J connectivity index is 2.07. The smallest absolute Gasteiger partial charge is 0.159 e. The standard InChI is InChI=1S/C15H14O2/c16-14-10-12-8-4-5-9-13(12)15(17-14)11-6-2-1-3-7-11/h1-9,14-16H,10H2. The fourth-order valence-corrected chi connectivity index (χ4v) is 2.33. The molecule has 0 saturated heterocycles. The van der Waals surface area contributed by atoms with Crippen molar-refractivity contribution in [1.29, 1.82) is 0 Å². The quantitative estimate of drug-likeness (QED) is 0.810. The van der Waals surface area contributed by atoms with Gasteiger partial charge in [-0.05, 0) is 16.7 Å². The van der Waals surface area contributed by atoms with Crippen molar-refractivity contribution in [1.82, 2.24) is 0 Å². The topological polar surface area (TPSA) is 29.5 Å². The summed E-state index contributed by atoms with van der Waals surface area (Å²) in [4.78, 5) is 0. The molecule has 2 nitrogen and oxygen atoms in total. The monoisotopic (exact) mass is 226 g/mol.